The summed E-state index contributed by atoms with van der Waals surface area (Å²) in [5.41, 5.74) is 1.29. The lowest BCUT2D eigenvalue weighted by molar-refractivity contribution is -0.147. The van der Waals surface area contributed by atoms with Gasteiger partial charge in [-0.15, -0.1) is 0 Å². The van der Waals surface area contributed by atoms with Crippen molar-refractivity contribution in [3.63, 3.8) is 0 Å². The molecular weight excluding hydrogens is 270 g/mol. The molecule has 0 atom stereocenters. The number of oxazole rings is 1. The van der Waals surface area contributed by atoms with Gasteiger partial charge < -0.3 is 19.4 Å². The molecule has 1 aromatic heterocycles. The fourth-order valence-corrected chi connectivity index (χ4v) is 1.15. The Labute approximate surface area is 112 Å². The number of para-hydroxylation sites is 2. The third-order valence-corrected chi connectivity index (χ3v) is 1.81. The lowest BCUT2D eigenvalue weighted by atomic mass is 10.3. The van der Waals surface area contributed by atoms with Crippen LogP contribution in [0, 0.1) is 0 Å². The lowest BCUT2D eigenvalue weighted by Gasteiger charge is -1.89. The Bertz CT molecular complexity index is 587. The minimum atomic E-state index is -1.31. The standard InChI is InChI=1S/C9H7NO3.C3H4O4/c1-6(11)12-9-10-7-4-2-3-5-8(7)13-9;4-2(5)1-3(6)7/h2-5H,1H3;1H2,(H,4,5)(H,6,7). The van der Waals surface area contributed by atoms with Gasteiger partial charge in [-0.2, -0.15) is 4.98 Å². The molecular formula is C12H11NO7. The van der Waals surface area contributed by atoms with E-state index in [9.17, 15) is 14.4 Å². The van der Waals surface area contributed by atoms with E-state index < -0.39 is 24.3 Å². The van der Waals surface area contributed by atoms with Crippen LogP contribution in [0.25, 0.3) is 11.1 Å². The first-order valence-corrected chi connectivity index (χ1v) is 5.36. The van der Waals surface area contributed by atoms with Gasteiger partial charge in [0.15, 0.2) is 5.58 Å². The van der Waals surface area contributed by atoms with E-state index in [1.807, 2.05) is 12.1 Å². The molecule has 0 aliphatic carbocycles. The molecule has 2 aromatic rings. The maximum Gasteiger partial charge on any atom is 0.402 e. The number of benzene rings is 1. The number of aliphatic carboxylic acids is 2. The molecule has 1 aromatic carbocycles. The van der Waals surface area contributed by atoms with Crippen LogP contribution in [0.3, 0.4) is 0 Å². The smallest absolute Gasteiger partial charge is 0.402 e. The zero-order valence-electron chi connectivity index (χ0n) is 10.4. The Morgan fingerprint density at radius 2 is 1.80 bits per heavy atom. The number of carbonyl (C=O) groups excluding carboxylic acids is 1. The van der Waals surface area contributed by atoms with Crippen molar-refractivity contribution in [2.45, 2.75) is 13.3 Å². The first-order valence-electron chi connectivity index (χ1n) is 5.36. The number of fused-ring (bicyclic) bond motifs is 1. The number of hydrogen-bond donors (Lipinski definition) is 2. The fraction of sp³-hybridized carbons (Fsp3) is 0.167. The quantitative estimate of drug-likeness (QED) is 0.636. The molecule has 0 spiro atoms. The molecule has 8 heteroatoms. The highest BCUT2D eigenvalue weighted by Gasteiger charge is 2.07. The number of hydrogen-bond acceptors (Lipinski definition) is 6. The molecule has 0 aliphatic heterocycles. The highest BCUT2D eigenvalue weighted by molar-refractivity contribution is 5.88. The second kappa shape index (κ2) is 6.88. The molecule has 20 heavy (non-hydrogen) atoms. The summed E-state index contributed by atoms with van der Waals surface area (Å²) >= 11 is 0. The number of ether oxygens (including phenoxy) is 1. The molecule has 2 N–H and O–H groups in total. The van der Waals surface area contributed by atoms with E-state index in [2.05, 4.69) is 9.72 Å². The van der Waals surface area contributed by atoms with Crippen LogP contribution in [-0.4, -0.2) is 33.1 Å². The summed E-state index contributed by atoms with van der Waals surface area (Å²) in [7, 11) is 0. The summed E-state index contributed by atoms with van der Waals surface area (Å²) in [5, 5.41) is 15.4. The second-order valence-corrected chi connectivity index (χ2v) is 3.51. The minimum absolute atomic E-state index is 0.00583. The Balaban J connectivity index is 0.000000246. The number of nitrogens with zero attached hydrogens (tertiary/aromatic N) is 1. The van der Waals surface area contributed by atoms with Crippen LogP contribution in [0.15, 0.2) is 28.7 Å². The van der Waals surface area contributed by atoms with Crippen molar-refractivity contribution in [3.8, 4) is 6.08 Å². The fourth-order valence-electron chi connectivity index (χ4n) is 1.15. The first-order chi connectivity index (χ1) is 9.38. The zero-order valence-corrected chi connectivity index (χ0v) is 10.4. The maximum absolute atomic E-state index is 10.6. The predicted octanol–water partition coefficient (Wildman–Crippen LogP) is 1.30. The van der Waals surface area contributed by atoms with Crippen LogP contribution in [0.5, 0.6) is 6.08 Å². The largest absolute Gasteiger partial charge is 0.481 e. The number of carboxylic acid groups (broad SMARTS) is 2. The van der Waals surface area contributed by atoms with Gasteiger partial charge in [-0.3, -0.25) is 14.4 Å². The van der Waals surface area contributed by atoms with Gasteiger partial charge in [0, 0.05) is 6.92 Å². The monoisotopic (exact) mass is 281 g/mol. The normalized spacial score (nSPS) is 9.45. The SMILES string of the molecule is CC(=O)Oc1nc2ccccc2o1.O=C(O)CC(=O)O. The van der Waals surface area contributed by atoms with E-state index in [0.29, 0.717) is 11.1 Å². The Hall–Kier alpha value is -2.90. The van der Waals surface area contributed by atoms with E-state index in [0.717, 1.165) is 0 Å². The van der Waals surface area contributed by atoms with Crippen molar-refractivity contribution in [3.05, 3.63) is 24.3 Å². The third-order valence-electron chi connectivity index (χ3n) is 1.81. The molecule has 0 saturated heterocycles. The van der Waals surface area contributed by atoms with Crippen molar-refractivity contribution in [1.82, 2.24) is 4.98 Å². The molecule has 0 saturated carbocycles. The molecule has 106 valence electrons. The van der Waals surface area contributed by atoms with Crippen LogP contribution in [0.4, 0.5) is 0 Å². The van der Waals surface area contributed by atoms with Gasteiger partial charge in [-0.1, -0.05) is 12.1 Å². The average molecular weight is 281 g/mol. The topological polar surface area (TPSA) is 127 Å². The second-order valence-electron chi connectivity index (χ2n) is 3.51. The summed E-state index contributed by atoms with van der Waals surface area (Å²) in [6.45, 7) is 1.30. The van der Waals surface area contributed by atoms with Crippen LogP contribution in [0.2, 0.25) is 0 Å². The number of carboxylic acids is 2. The number of aromatic nitrogens is 1. The van der Waals surface area contributed by atoms with Crippen molar-refractivity contribution in [2.24, 2.45) is 0 Å². The highest BCUT2D eigenvalue weighted by Crippen LogP contribution is 2.19. The van der Waals surface area contributed by atoms with Crippen molar-refractivity contribution in [2.75, 3.05) is 0 Å². The Morgan fingerprint density at radius 3 is 2.25 bits per heavy atom. The molecule has 0 bridgehead atoms. The molecule has 0 amide bonds. The van der Waals surface area contributed by atoms with Gasteiger partial charge >= 0.3 is 24.0 Å². The predicted molar refractivity (Wildman–Crippen MR) is 65.2 cm³/mol. The van der Waals surface area contributed by atoms with Gasteiger partial charge in [-0.05, 0) is 12.1 Å². The molecule has 0 unspecified atom stereocenters. The van der Waals surface area contributed by atoms with E-state index in [-0.39, 0.29) is 6.08 Å². The third kappa shape index (κ3) is 5.17. The number of esters is 1. The summed E-state index contributed by atoms with van der Waals surface area (Å²) in [5.74, 6) is -3.06. The minimum Gasteiger partial charge on any atom is -0.481 e. The van der Waals surface area contributed by atoms with Gasteiger partial charge in [0.2, 0.25) is 0 Å². The Morgan fingerprint density at radius 1 is 1.20 bits per heavy atom. The van der Waals surface area contributed by atoms with Crippen LogP contribution in [0.1, 0.15) is 13.3 Å². The summed E-state index contributed by atoms with van der Waals surface area (Å²) in [6.07, 6.45) is -0.811. The Kier molecular flexibility index (Phi) is 5.21. The molecule has 0 fully saturated rings. The van der Waals surface area contributed by atoms with Crippen molar-refractivity contribution < 1.29 is 33.8 Å². The average Bonchev–Trinajstić information content (AvgIpc) is 2.68. The van der Waals surface area contributed by atoms with Crippen molar-refractivity contribution >= 4 is 29.0 Å². The summed E-state index contributed by atoms with van der Waals surface area (Å²) in [6, 6.07) is 7.20. The van der Waals surface area contributed by atoms with Gasteiger partial charge in [0.05, 0.1) is 0 Å². The summed E-state index contributed by atoms with van der Waals surface area (Å²) in [4.78, 5) is 33.4. The summed E-state index contributed by atoms with van der Waals surface area (Å²) < 4.78 is 9.81. The van der Waals surface area contributed by atoms with Gasteiger partial charge in [0.25, 0.3) is 0 Å². The van der Waals surface area contributed by atoms with E-state index in [1.54, 1.807) is 12.1 Å². The van der Waals surface area contributed by atoms with Crippen molar-refractivity contribution in [1.29, 1.82) is 0 Å². The van der Waals surface area contributed by atoms with E-state index in [1.165, 1.54) is 6.92 Å². The van der Waals surface area contributed by atoms with Crippen LogP contribution < -0.4 is 4.74 Å². The first kappa shape index (κ1) is 15.2. The van der Waals surface area contributed by atoms with Crippen LogP contribution in [-0.2, 0) is 14.4 Å². The van der Waals surface area contributed by atoms with Gasteiger partial charge in [0.1, 0.15) is 11.9 Å². The maximum atomic E-state index is 10.6. The van der Waals surface area contributed by atoms with Gasteiger partial charge in [-0.25, -0.2) is 0 Å². The molecule has 8 nitrogen and oxygen atoms in total. The number of rotatable bonds is 3. The highest BCUT2D eigenvalue weighted by atomic mass is 16.6. The molecule has 1 heterocycles. The lowest BCUT2D eigenvalue weighted by Crippen LogP contribution is -2.03. The van der Waals surface area contributed by atoms with E-state index in [4.69, 9.17) is 14.6 Å². The molecule has 2 rings (SSSR count). The van der Waals surface area contributed by atoms with Crippen LogP contribution >= 0.6 is 0 Å². The number of carbonyl (C=O) groups is 3. The molecule has 0 radical (unpaired) electrons. The molecule has 0 aliphatic rings. The van der Waals surface area contributed by atoms with E-state index >= 15 is 0 Å². The zero-order chi connectivity index (χ0) is 15.1.